The maximum absolute atomic E-state index is 14.8. The molecular weight excluding hydrogens is 292 g/mol. The van der Waals surface area contributed by atoms with Gasteiger partial charge in [-0.05, 0) is 18.2 Å². The van der Waals surface area contributed by atoms with Gasteiger partial charge in [-0.25, -0.2) is 4.39 Å². The predicted molar refractivity (Wildman–Crippen MR) is 90.6 cm³/mol. The maximum atomic E-state index is 14.8. The highest BCUT2D eigenvalue weighted by atomic mass is 19.1. The van der Waals surface area contributed by atoms with Crippen LogP contribution in [-0.2, 0) is 0 Å². The van der Waals surface area contributed by atoms with E-state index in [-0.39, 0.29) is 5.46 Å². The van der Waals surface area contributed by atoms with Gasteiger partial charge in [0.25, 0.3) is 0 Å². The van der Waals surface area contributed by atoms with Crippen molar-refractivity contribution in [3.05, 3.63) is 72.5 Å². The molecule has 0 aliphatic rings. The van der Waals surface area contributed by atoms with Gasteiger partial charge in [0, 0.05) is 16.2 Å². The number of para-hydroxylation sites is 2. The van der Waals surface area contributed by atoms with E-state index < -0.39 is 12.9 Å². The van der Waals surface area contributed by atoms with Crippen LogP contribution in [0, 0.1) is 5.82 Å². The van der Waals surface area contributed by atoms with Gasteiger partial charge in [-0.3, -0.25) is 0 Å². The SMILES string of the molecule is OB(O)c1cccc(-n2c3ccccc3c3ccccc32)c1F. The van der Waals surface area contributed by atoms with E-state index in [1.54, 1.807) is 12.1 Å². The number of hydrogen-bond donors (Lipinski definition) is 2. The molecule has 1 aromatic heterocycles. The fraction of sp³-hybridized carbons (Fsp3) is 0. The molecule has 5 heteroatoms. The van der Waals surface area contributed by atoms with Crippen LogP contribution in [0.2, 0.25) is 0 Å². The van der Waals surface area contributed by atoms with Gasteiger partial charge in [0.2, 0.25) is 0 Å². The first kappa shape index (κ1) is 14.0. The Labute approximate surface area is 132 Å². The van der Waals surface area contributed by atoms with Crippen molar-refractivity contribution in [1.29, 1.82) is 0 Å². The largest absolute Gasteiger partial charge is 0.491 e. The van der Waals surface area contributed by atoms with Gasteiger partial charge in [-0.1, -0.05) is 48.5 Å². The summed E-state index contributed by atoms with van der Waals surface area (Å²) in [6.07, 6.45) is 0. The number of aromatic nitrogens is 1. The summed E-state index contributed by atoms with van der Waals surface area (Å²) in [6, 6.07) is 20.2. The molecule has 0 radical (unpaired) electrons. The van der Waals surface area contributed by atoms with E-state index in [9.17, 15) is 14.4 Å². The molecule has 4 aromatic rings. The van der Waals surface area contributed by atoms with Crippen LogP contribution in [-0.4, -0.2) is 21.7 Å². The summed E-state index contributed by atoms with van der Waals surface area (Å²) < 4.78 is 16.6. The highest BCUT2D eigenvalue weighted by molar-refractivity contribution is 6.58. The van der Waals surface area contributed by atoms with Gasteiger partial charge in [-0.2, -0.15) is 0 Å². The normalized spacial score (nSPS) is 11.3. The fourth-order valence-corrected chi connectivity index (χ4v) is 3.09. The van der Waals surface area contributed by atoms with Crippen LogP contribution in [0.25, 0.3) is 27.5 Å². The predicted octanol–water partition coefficient (Wildman–Crippen LogP) is 2.60. The molecular formula is C18H13BFNO2. The van der Waals surface area contributed by atoms with Crippen molar-refractivity contribution in [2.24, 2.45) is 0 Å². The molecule has 0 amide bonds. The second kappa shape index (κ2) is 5.23. The first-order valence-corrected chi connectivity index (χ1v) is 7.31. The maximum Gasteiger partial charge on any atom is 0.491 e. The third kappa shape index (κ3) is 2.05. The highest BCUT2D eigenvalue weighted by Crippen LogP contribution is 2.32. The molecule has 0 aliphatic carbocycles. The van der Waals surface area contributed by atoms with E-state index in [0.29, 0.717) is 5.69 Å². The molecule has 0 spiro atoms. The molecule has 0 atom stereocenters. The molecule has 1 heterocycles. The van der Waals surface area contributed by atoms with E-state index in [1.807, 2.05) is 53.1 Å². The van der Waals surface area contributed by atoms with Gasteiger partial charge in [0.05, 0.1) is 16.7 Å². The topological polar surface area (TPSA) is 45.4 Å². The van der Waals surface area contributed by atoms with Gasteiger partial charge >= 0.3 is 7.12 Å². The number of nitrogens with zero attached hydrogens (tertiary/aromatic N) is 1. The molecule has 23 heavy (non-hydrogen) atoms. The average Bonchev–Trinajstić information content (AvgIpc) is 2.89. The lowest BCUT2D eigenvalue weighted by Crippen LogP contribution is -2.33. The Balaban J connectivity index is 2.15. The molecule has 0 bridgehead atoms. The summed E-state index contributed by atoms with van der Waals surface area (Å²) in [5.41, 5.74) is 1.91. The smallest absolute Gasteiger partial charge is 0.423 e. The minimum Gasteiger partial charge on any atom is -0.423 e. The number of hydrogen-bond acceptors (Lipinski definition) is 2. The van der Waals surface area contributed by atoms with Crippen LogP contribution in [0.5, 0.6) is 0 Å². The van der Waals surface area contributed by atoms with E-state index in [2.05, 4.69) is 0 Å². The van der Waals surface area contributed by atoms with Crippen molar-refractivity contribution >= 4 is 34.4 Å². The third-order valence-electron chi connectivity index (χ3n) is 4.11. The molecule has 0 fully saturated rings. The van der Waals surface area contributed by atoms with Crippen LogP contribution < -0.4 is 5.46 Å². The fourth-order valence-electron chi connectivity index (χ4n) is 3.09. The van der Waals surface area contributed by atoms with Crippen molar-refractivity contribution in [2.75, 3.05) is 0 Å². The Morgan fingerprint density at radius 1 is 0.739 bits per heavy atom. The lowest BCUT2D eigenvalue weighted by atomic mass is 9.79. The van der Waals surface area contributed by atoms with Crippen LogP contribution in [0.4, 0.5) is 4.39 Å². The Bertz CT molecular complexity index is 973. The highest BCUT2D eigenvalue weighted by Gasteiger charge is 2.21. The Hall–Kier alpha value is -2.63. The van der Waals surface area contributed by atoms with Crippen molar-refractivity contribution in [2.45, 2.75) is 0 Å². The molecule has 0 saturated heterocycles. The average molecular weight is 305 g/mol. The molecule has 2 N–H and O–H groups in total. The quantitative estimate of drug-likeness (QED) is 0.559. The number of halogens is 1. The Kier molecular flexibility index (Phi) is 3.18. The van der Waals surface area contributed by atoms with Crippen LogP contribution in [0.1, 0.15) is 0 Å². The zero-order chi connectivity index (χ0) is 16.0. The second-order valence-electron chi connectivity index (χ2n) is 5.42. The summed E-state index contributed by atoms with van der Waals surface area (Å²) in [6.45, 7) is 0. The van der Waals surface area contributed by atoms with Gasteiger partial charge in [0.15, 0.2) is 0 Å². The number of rotatable bonds is 2. The summed E-state index contributed by atoms with van der Waals surface area (Å²) >= 11 is 0. The van der Waals surface area contributed by atoms with Crippen molar-refractivity contribution < 1.29 is 14.4 Å². The van der Waals surface area contributed by atoms with E-state index in [1.165, 1.54) is 6.07 Å². The molecule has 112 valence electrons. The van der Waals surface area contributed by atoms with Crippen molar-refractivity contribution in [3.63, 3.8) is 0 Å². The lowest BCUT2D eigenvalue weighted by molar-refractivity contribution is 0.423. The van der Waals surface area contributed by atoms with E-state index >= 15 is 0 Å². The number of fused-ring (bicyclic) bond motifs is 3. The van der Waals surface area contributed by atoms with Crippen molar-refractivity contribution in [3.8, 4) is 5.69 Å². The minimum absolute atomic E-state index is 0.135. The third-order valence-corrected chi connectivity index (χ3v) is 4.11. The van der Waals surface area contributed by atoms with Gasteiger partial charge < -0.3 is 14.6 Å². The second-order valence-corrected chi connectivity index (χ2v) is 5.42. The number of benzene rings is 3. The standard InChI is InChI=1S/C18H13BFNO2/c20-18-14(19(22)23)8-5-11-17(18)21-15-9-3-1-6-12(15)13-7-2-4-10-16(13)21/h1-11,22-23H. The van der Waals surface area contributed by atoms with E-state index in [0.717, 1.165) is 21.8 Å². The van der Waals surface area contributed by atoms with Crippen LogP contribution in [0.15, 0.2) is 66.7 Å². The summed E-state index contributed by atoms with van der Waals surface area (Å²) in [4.78, 5) is 0. The molecule has 3 nitrogen and oxygen atoms in total. The molecule has 0 aliphatic heterocycles. The molecule has 4 rings (SSSR count). The lowest BCUT2D eigenvalue weighted by Gasteiger charge is -2.11. The Morgan fingerprint density at radius 3 is 1.87 bits per heavy atom. The monoisotopic (exact) mass is 305 g/mol. The van der Waals surface area contributed by atoms with Gasteiger partial charge in [0.1, 0.15) is 5.82 Å². The summed E-state index contributed by atoms with van der Waals surface area (Å²) in [5.74, 6) is -0.631. The molecule has 3 aromatic carbocycles. The first-order chi connectivity index (χ1) is 11.2. The van der Waals surface area contributed by atoms with Crippen LogP contribution >= 0.6 is 0 Å². The van der Waals surface area contributed by atoms with E-state index in [4.69, 9.17) is 0 Å². The minimum atomic E-state index is -1.84. The molecule has 0 unspecified atom stereocenters. The van der Waals surface area contributed by atoms with Crippen molar-refractivity contribution in [1.82, 2.24) is 4.57 Å². The first-order valence-electron chi connectivity index (χ1n) is 7.31. The summed E-state index contributed by atoms with van der Waals surface area (Å²) in [5, 5.41) is 20.8. The Morgan fingerprint density at radius 2 is 1.30 bits per heavy atom. The molecule has 0 saturated carbocycles. The van der Waals surface area contributed by atoms with Crippen LogP contribution in [0.3, 0.4) is 0 Å². The van der Waals surface area contributed by atoms with Gasteiger partial charge in [-0.15, -0.1) is 0 Å². The zero-order valence-electron chi connectivity index (χ0n) is 12.1. The summed E-state index contributed by atoms with van der Waals surface area (Å²) in [7, 11) is -1.84. The zero-order valence-corrected chi connectivity index (χ0v) is 12.1.